The summed E-state index contributed by atoms with van der Waals surface area (Å²) in [6.07, 6.45) is 1.56. The summed E-state index contributed by atoms with van der Waals surface area (Å²) in [6, 6.07) is 15.1. The molecule has 0 bridgehead atoms. The molecule has 27 heavy (non-hydrogen) atoms. The topological polar surface area (TPSA) is 47.5 Å². The fraction of sp³-hybridized carbons (Fsp3) is 0.200. The molecule has 1 aromatic heterocycles. The third kappa shape index (κ3) is 4.35. The molecule has 4 rings (SSSR count). The van der Waals surface area contributed by atoms with Crippen molar-refractivity contribution < 1.29 is 13.9 Å². The molecule has 0 radical (unpaired) electrons. The molecule has 138 valence electrons. The number of morpholine rings is 1. The summed E-state index contributed by atoms with van der Waals surface area (Å²) >= 11 is 5.96. The molecule has 3 aromatic rings. The van der Waals surface area contributed by atoms with E-state index in [-0.39, 0.29) is 11.9 Å². The van der Waals surface area contributed by atoms with Gasteiger partial charge in [-0.15, -0.1) is 0 Å². The molecule has 0 saturated carbocycles. The predicted octanol–water partition coefficient (Wildman–Crippen LogP) is 4.64. The molecule has 0 N–H and O–H groups in total. The van der Waals surface area contributed by atoms with Crippen molar-refractivity contribution in [3.8, 4) is 11.6 Å². The van der Waals surface area contributed by atoms with Crippen molar-refractivity contribution in [3.05, 3.63) is 77.2 Å². The summed E-state index contributed by atoms with van der Waals surface area (Å²) in [5, 5.41) is 0.695. The van der Waals surface area contributed by atoms with Gasteiger partial charge in [-0.3, -0.25) is 0 Å². The normalized spacial score (nSPS) is 17.0. The molecule has 1 aliphatic rings. The Labute approximate surface area is 161 Å². The van der Waals surface area contributed by atoms with Gasteiger partial charge in [-0.2, -0.15) is 4.98 Å². The zero-order valence-electron chi connectivity index (χ0n) is 14.4. The van der Waals surface area contributed by atoms with Crippen LogP contribution in [0, 0.1) is 5.82 Å². The molecular weight excluding hydrogens is 369 g/mol. The summed E-state index contributed by atoms with van der Waals surface area (Å²) in [7, 11) is 0. The predicted molar refractivity (Wildman–Crippen MR) is 101 cm³/mol. The lowest BCUT2D eigenvalue weighted by Crippen LogP contribution is -2.39. The average molecular weight is 386 g/mol. The van der Waals surface area contributed by atoms with Crippen LogP contribution < -0.4 is 9.64 Å². The number of nitrogens with zero attached hydrogens (tertiary/aromatic N) is 3. The number of ether oxygens (including phenoxy) is 2. The zero-order chi connectivity index (χ0) is 18.6. The van der Waals surface area contributed by atoms with Crippen LogP contribution in [0.1, 0.15) is 11.7 Å². The lowest BCUT2D eigenvalue weighted by Gasteiger charge is -2.33. The van der Waals surface area contributed by atoms with E-state index in [4.69, 9.17) is 21.1 Å². The fourth-order valence-corrected chi connectivity index (χ4v) is 3.00. The molecular formula is C20H17ClFN3O2. The Morgan fingerprint density at radius 3 is 2.63 bits per heavy atom. The molecule has 2 aromatic carbocycles. The van der Waals surface area contributed by atoms with Gasteiger partial charge < -0.3 is 14.4 Å². The van der Waals surface area contributed by atoms with E-state index in [1.807, 2.05) is 24.3 Å². The van der Waals surface area contributed by atoms with Crippen molar-refractivity contribution in [2.24, 2.45) is 0 Å². The summed E-state index contributed by atoms with van der Waals surface area (Å²) in [6.45, 7) is 1.88. The maximum absolute atomic E-state index is 13.0. The van der Waals surface area contributed by atoms with Gasteiger partial charge in [0.25, 0.3) is 0 Å². The van der Waals surface area contributed by atoms with Gasteiger partial charge in [0.15, 0.2) is 0 Å². The lowest BCUT2D eigenvalue weighted by atomic mass is 10.1. The Morgan fingerprint density at radius 1 is 1.07 bits per heavy atom. The Morgan fingerprint density at radius 2 is 1.85 bits per heavy atom. The van der Waals surface area contributed by atoms with Gasteiger partial charge >= 0.3 is 0 Å². The molecule has 0 amide bonds. The summed E-state index contributed by atoms with van der Waals surface area (Å²) in [5.41, 5.74) is 1.06. The molecule has 0 spiro atoms. The molecule has 1 aliphatic heterocycles. The van der Waals surface area contributed by atoms with Crippen LogP contribution in [-0.4, -0.2) is 29.7 Å². The fourth-order valence-electron chi connectivity index (χ4n) is 2.88. The molecule has 0 aliphatic carbocycles. The minimum Gasteiger partial charge on any atom is -0.439 e. The molecule has 1 atom stereocenters. The van der Waals surface area contributed by atoms with Crippen LogP contribution in [0.25, 0.3) is 0 Å². The quantitative estimate of drug-likeness (QED) is 0.654. The Bertz CT molecular complexity index is 906. The van der Waals surface area contributed by atoms with Crippen molar-refractivity contribution >= 4 is 17.5 Å². The van der Waals surface area contributed by atoms with Crippen LogP contribution in [0.15, 0.2) is 60.8 Å². The van der Waals surface area contributed by atoms with Crippen LogP contribution in [0.4, 0.5) is 10.3 Å². The highest BCUT2D eigenvalue weighted by atomic mass is 35.5. The zero-order valence-corrected chi connectivity index (χ0v) is 15.1. The summed E-state index contributed by atoms with van der Waals surface area (Å²) in [5.74, 6) is 1.17. The van der Waals surface area contributed by atoms with Crippen molar-refractivity contribution in [1.82, 2.24) is 9.97 Å². The molecule has 1 unspecified atom stereocenters. The van der Waals surface area contributed by atoms with Crippen LogP contribution in [0.5, 0.6) is 11.6 Å². The van der Waals surface area contributed by atoms with Gasteiger partial charge in [0.2, 0.25) is 11.8 Å². The molecule has 1 saturated heterocycles. The van der Waals surface area contributed by atoms with E-state index in [1.165, 1.54) is 12.1 Å². The number of benzene rings is 2. The maximum Gasteiger partial charge on any atom is 0.228 e. The second kappa shape index (κ2) is 7.90. The van der Waals surface area contributed by atoms with Gasteiger partial charge in [-0.25, -0.2) is 9.37 Å². The van der Waals surface area contributed by atoms with E-state index in [9.17, 15) is 4.39 Å². The van der Waals surface area contributed by atoms with Gasteiger partial charge in [-0.05, 0) is 42.0 Å². The van der Waals surface area contributed by atoms with E-state index in [0.29, 0.717) is 42.3 Å². The number of hydrogen-bond acceptors (Lipinski definition) is 5. The average Bonchev–Trinajstić information content (AvgIpc) is 2.71. The molecule has 5 nitrogen and oxygen atoms in total. The number of aromatic nitrogens is 2. The van der Waals surface area contributed by atoms with Crippen LogP contribution in [0.3, 0.4) is 0 Å². The Balaban J connectivity index is 1.49. The van der Waals surface area contributed by atoms with Crippen LogP contribution in [0.2, 0.25) is 5.02 Å². The standard InChI is InChI=1S/C20H17ClFN3O2/c21-15-3-1-14(2-4-15)18-13-25(11-12-26-18)20-23-10-9-19(24-20)27-17-7-5-16(22)6-8-17/h1-10,18H,11-13H2. The van der Waals surface area contributed by atoms with Crippen molar-refractivity contribution in [3.63, 3.8) is 0 Å². The van der Waals surface area contributed by atoms with E-state index in [1.54, 1.807) is 24.4 Å². The van der Waals surface area contributed by atoms with Crippen molar-refractivity contribution in [1.29, 1.82) is 0 Å². The molecule has 1 fully saturated rings. The van der Waals surface area contributed by atoms with Gasteiger partial charge in [0, 0.05) is 23.8 Å². The van der Waals surface area contributed by atoms with E-state index in [0.717, 1.165) is 5.56 Å². The number of hydrogen-bond donors (Lipinski definition) is 0. The largest absolute Gasteiger partial charge is 0.439 e. The highest BCUT2D eigenvalue weighted by Gasteiger charge is 2.24. The van der Waals surface area contributed by atoms with Crippen LogP contribution >= 0.6 is 11.6 Å². The summed E-state index contributed by atoms with van der Waals surface area (Å²) < 4.78 is 24.6. The van der Waals surface area contributed by atoms with Crippen LogP contribution in [-0.2, 0) is 4.74 Å². The van der Waals surface area contributed by atoms with E-state index >= 15 is 0 Å². The maximum atomic E-state index is 13.0. The van der Waals surface area contributed by atoms with E-state index in [2.05, 4.69) is 14.9 Å². The second-order valence-corrected chi connectivity index (χ2v) is 6.54. The minimum atomic E-state index is -0.313. The first kappa shape index (κ1) is 17.7. The highest BCUT2D eigenvalue weighted by molar-refractivity contribution is 6.30. The Hall–Kier alpha value is -2.70. The SMILES string of the molecule is Fc1ccc(Oc2ccnc(N3CCOC(c4ccc(Cl)cc4)C3)n2)cc1. The number of rotatable bonds is 4. The van der Waals surface area contributed by atoms with Gasteiger partial charge in [0.05, 0.1) is 13.2 Å². The van der Waals surface area contributed by atoms with Crippen molar-refractivity contribution in [2.45, 2.75) is 6.10 Å². The lowest BCUT2D eigenvalue weighted by molar-refractivity contribution is 0.0392. The molecule has 2 heterocycles. The summed E-state index contributed by atoms with van der Waals surface area (Å²) in [4.78, 5) is 10.9. The first-order valence-electron chi connectivity index (χ1n) is 8.56. The van der Waals surface area contributed by atoms with Gasteiger partial charge in [0.1, 0.15) is 17.7 Å². The smallest absolute Gasteiger partial charge is 0.228 e. The monoisotopic (exact) mass is 385 g/mol. The van der Waals surface area contributed by atoms with E-state index < -0.39 is 0 Å². The minimum absolute atomic E-state index is 0.0821. The third-order valence-electron chi connectivity index (χ3n) is 4.24. The highest BCUT2D eigenvalue weighted by Crippen LogP contribution is 2.27. The second-order valence-electron chi connectivity index (χ2n) is 6.11. The first-order chi connectivity index (χ1) is 13.2. The first-order valence-corrected chi connectivity index (χ1v) is 8.94. The Kier molecular flexibility index (Phi) is 5.18. The van der Waals surface area contributed by atoms with Crippen molar-refractivity contribution in [2.75, 3.05) is 24.6 Å². The third-order valence-corrected chi connectivity index (χ3v) is 4.50. The molecule has 7 heteroatoms. The number of halogens is 2. The van der Waals surface area contributed by atoms with Gasteiger partial charge in [-0.1, -0.05) is 23.7 Å². The number of anilines is 1.